The molecule has 2 rings (SSSR count). The molecule has 1 aromatic carbocycles. The zero-order chi connectivity index (χ0) is 15.6. The van der Waals surface area contributed by atoms with E-state index in [4.69, 9.17) is 4.42 Å². The van der Waals surface area contributed by atoms with Crippen LogP contribution in [0.5, 0.6) is 0 Å². The molecular formula is C14H12BrIN2O3. The normalized spacial score (nSPS) is 10.3. The van der Waals surface area contributed by atoms with Gasteiger partial charge >= 0.3 is 0 Å². The Labute approximate surface area is 143 Å². The lowest BCUT2D eigenvalue weighted by molar-refractivity contribution is 0.0845. The van der Waals surface area contributed by atoms with Gasteiger partial charge in [0.25, 0.3) is 11.8 Å². The third kappa shape index (κ3) is 3.85. The molecule has 21 heavy (non-hydrogen) atoms. The third-order valence-corrected chi connectivity index (χ3v) is 4.18. The van der Waals surface area contributed by atoms with Crippen LogP contribution in [0.25, 0.3) is 0 Å². The minimum Gasteiger partial charge on any atom is -0.466 e. The summed E-state index contributed by atoms with van der Waals surface area (Å²) in [5.74, 6) is 0.358. The van der Waals surface area contributed by atoms with Crippen LogP contribution in [0.3, 0.4) is 0 Å². The lowest BCUT2D eigenvalue weighted by atomic mass is 10.2. The van der Waals surface area contributed by atoms with Gasteiger partial charge in [-0.05, 0) is 60.7 Å². The maximum atomic E-state index is 12.1. The highest BCUT2D eigenvalue weighted by molar-refractivity contribution is 14.1. The monoisotopic (exact) mass is 462 g/mol. The molecule has 0 unspecified atom stereocenters. The topological polar surface area (TPSA) is 71.3 Å². The first-order valence-corrected chi connectivity index (χ1v) is 7.88. The zero-order valence-electron chi connectivity index (χ0n) is 11.3. The summed E-state index contributed by atoms with van der Waals surface area (Å²) in [6.07, 6.45) is 0. The van der Waals surface area contributed by atoms with Gasteiger partial charge in [0.05, 0.1) is 11.1 Å². The summed E-state index contributed by atoms with van der Waals surface area (Å²) >= 11 is 5.37. The maximum Gasteiger partial charge on any atom is 0.273 e. The van der Waals surface area contributed by atoms with Crippen LogP contribution in [0.15, 0.2) is 33.2 Å². The molecule has 0 bridgehead atoms. The van der Waals surface area contributed by atoms with Gasteiger partial charge in [-0.1, -0.05) is 15.9 Å². The van der Waals surface area contributed by atoms with Gasteiger partial charge in [-0.25, -0.2) is 0 Å². The summed E-state index contributed by atoms with van der Waals surface area (Å²) < 4.78 is 6.86. The third-order valence-electron chi connectivity index (χ3n) is 2.75. The molecule has 0 fully saturated rings. The number of amides is 2. The first-order chi connectivity index (χ1) is 9.88. The van der Waals surface area contributed by atoms with E-state index in [0.29, 0.717) is 22.6 Å². The van der Waals surface area contributed by atoms with Gasteiger partial charge in [0.15, 0.2) is 0 Å². The first-order valence-electron chi connectivity index (χ1n) is 6.01. The van der Waals surface area contributed by atoms with Crippen LogP contribution in [0.1, 0.15) is 32.2 Å². The van der Waals surface area contributed by atoms with Crippen molar-refractivity contribution in [3.05, 3.63) is 55.0 Å². The number of benzene rings is 1. The number of hydrazine groups is 1. The average molecular weight is 463 g/mol. The summed E-state index contributed by atoms with van der Waals surface area (Å²) in [7, 11) is 0. The van der Waals surface area contributed by atoms with Crippen LogP contribution in [-0.4, -0.2) is 11.8 Å². The second kappa shape index (κ2) is 6.61. The van der Waals surface area contributed by atoms with Crippen molar-refractivity contribution >= 4 is 50.3 Å². The fourth-order valence-corrected chi connectivity index (χ4v) is 2.72. The molecule has 0 radical (unpaired) electrons. The number of aryl methyl sites for hydroxylation is 2. The predicted molar refractivity (Wildman–Crippen MR) is 90.0 cm³/mol. The van der Waals surface area contributed by atoms with Crippen molar-refractivity contribution in [2.75, 3.05) is 0 Å². The largest absolute Gasteiger partial charge is 0.466 e. The van der Waals surface area contributed by atoms with Crippen LogP contribution in [-0.2, 0) is 0 Å². The van der Waals surface area contributed by atoms with Crippen molar-refractivity contribution in [2.24, 2.45) is 0 Å². The Morgan fingerprint density at radius 3 is 2.29 bits per heavy atom. The highest BCUT2D eigenvalue weighted by atomic mass is 127. The van der Waals surface area contributed by atoms with Gasteiger partial charge in [-0.3, -0.25) is 20.4 Å². The van der Waals surface area contributed by atoms with Crippen molar-refractivity contribution in [2.45, 2.75) is 13.8 Å². The van der Waals surface area contributed by atoms with E-state index in [0.717, 1.165) is 8.04 Å². The summed E-state index contributed by atoms with van der Waals surface area (Å²) in [5, 5.41) is 0. The summed E-state index contributed by atoms with van der Waals surface area (Å²) in [4.78, 5) is 24.0. The van der Waals surface area contributed by atoms with Crippen molar-refractivity contribution in [3.63, 3.8) is 0 Å². The van der Waals surface area contributed by atoms with E-state index in [-0.39, 0.29) is 5.91 Å². The quantitative estimate of drug-likeness (QED) is 0.531. The lowest BCUT2D eigenvalue weighted by Crippen LogP contribution is -2.42. The number of halogens is 2. The molecule has 0 aliphatic heterocycles. The number of nitrogens with one attached hydrogen (secondary N) is 2. The average Bonchev–Trinajstić information content (AvgIpc) is 2.77. The van der Waals surface area contributed by atoms with Gasteiger partial charge < -0.3 is 4.42 Å². The molecule has 5 nitrogen and oxygen atoms in total. The number of hydrogen-bond donors (Lipinski definition) is 2. The van der Waals surface area contributed by atoms with Crippen LogP contribution in [0.2, 0.25) is 0 Å². The van der Waals surface area contributed by atoms with Crippen molar-refractivity contribution in [1.82, 2.24) is 10.9 Å². The fraction of sp³-hybridized carbons (Fsp3) is 0.143. The van der Waals surface area contributed by atoms with E-state index in [1.807, 2.05) is 12.1 Å². The molecule has 0 atom stereocenters. The standard InChI is InChI=1S/C14H12BrIN2O3/c1-7-5-10(8(2)21-7)13(19)17-18-14(20)11-6-9(15)3-4-12(11)16/h3-6H,1-2H3,(H,17,19)(H,18,20). The van der Waals surface area contributed by atoms with Crippen LogP contribution in [0, 0.1) is 17.4 Å². The summed E-state index contributed by atoms with van der Waals surface area (Å²) in [6, 6.07) is 6.97. The van der Waals surface area contributed by atoms with E-state index in [1.165, 1.54) is 0 Å². The second-order valence-electron chi connectivity index (χ2n) is 4.36. The molecule has 0 saturated heterocycles. The molecule has 0 aliphatic rings. The Morgan fingerprint density at radius 2 is 1.71 bits per heavy atom. The smallest absolute Gasteiger partial charge is 0.273 e. The Hall–Kier alpha value is -1.35. The van der Waals surface area contributed by atoms with Crippen molar-refractivity contribution in [3.8, 4) is 0 Å². The highest BCUT2D eigenvalue weighted by Crippen LogP contribution is 2.18. The second-order valence-corrected chi connectivity index (χ2v) is 6.44. The fourth-order valence-electron chi connectivity index (χ4n) is 1.78. The van der Waals surface area contributed by atoms with E-state index in [1.54, 1.807) is 26.0 Å². The van der Waals surface area contributed by atoms with Crippen molar-refractivity contribution in [1.29, 1.82) is 0 Å². The number of carbonyl (C=O) groups excluding carboxylic acids is 2. The minimum atomic E-state index is -0.414. The molecule has 2 amide bonds. The SMILES string of the molecule is Cc1cc(C(=O)NNC(=O)c2cc(Br)ccc2I)c(C)o1. The van der Waals surface area contributed by atoms with E-state index >= 15 is 0 Å². The number of carbonyl (C=O) groups is 2. The van der Waals surface area contributed by atoms with Gasteiger partial charge in [-0.2, -0.15) is 0 Å². The molecule has 0 spiro atoms. The van der Waals surface area contributed by atoms with Gasteiger partial charge in [-0.15, -0.1) is 0 Å². The zero-order valence-corrected chi connectivity index (χ0v) is 15.0. The Morgan fingerprint density at radius 1 is 1.10 bits per heavy atom. The molecule has 2 aromatic rings. The summed E-state index contributed by atoms with van der Waals surface area (Å²) in [5.41, 5.74) is 5.65. The molecule has 2 N–H and O–H groups in total. The highest BCUT2D eigenvalue weighted by Gasteiger charge is 2.15. The van der Waals surface area contributed by atoms with Gasteiger partial charge in [0.2, 0.25) is 0 Å². The number of hydrogen-bond acceptors (Lipinski definition) is 3. The van der Waals surface area contributed by atoms with Crippen LogP contribution >= 0.6 is 38.5 Å². The van der Waals surface area contributed by atoms with Crippen molar-refractivity contribution < 1.29 is 14.0 Å². The van der Waals surface area contributed by atoms with E-state index < -0.39 is 5.91 Å². The van der Waals surface area contributed by atoms with Gasteiger partial charge in [0, 0.05) is 8.04 Å². The van der Waals surface area contributed by atoms with E-state index in [9.17, 15) is 9.59 Å². The molecule has 1 aromatic heterocycles. The molecule has 0 saturated carbocycles. The van der Waals surface area contributed by atoms with Gasteiger partial charge in [0.1, 0.15) is 11.5 Å². The molecule has 1 heterocycles. The maximum absolute atomic E-state index is 12.1. The minimum absolute atomic E-state index is 0.382. The molecule has 7 heteroatoms. The number of furan rings is 1. The summed E-state index contributed by atoms with van der Waals surface area (Å²) in [6.45, 7) is 3.45. The molecule has 0 aliphatic carbocycles. The van der Waals surface area contributed by atoms with E-state index in [2.05, 4.69) is 49.4 Å². The Kier molecular flexibility index (Phi) is 5.04. The Balaban J connectivity index is 2.06. The molecular weight excluding hydrogens is 451 g/mol. The number of rotatable bonds is 2. The first kappa shape index (κ1) is 16.0. The van der Waals surface area contributed by atoms with Crippen LogP contribution < -0.4 is 10.9 Å². The predicted octanol–water partition coefficient (Wildman–Crippen LogP) is 3.34. The Bertz CT molecular complexity index is 712. The lowest BCUT2D eigenvalue weighted by Gasteiger charge is -2.08. The molecule has 110 valence electrons. The van der Waals surface area contributed by atoms with Crippen LogP contribution in [0.4, 0.5) is 0 Å².